The van der Waals surface area contributed by atoms with Crippen LogP contribution in [-0.4, -0.2) is 30.2 Å². The molecule has 20 heavy (non-hydrogen) atoms. The normalized spacial score (nSPS) is 16.1. The Bertz CT molecular complexity index is 562. The summed E-state index contributed by atoms with van der Waals surface area (Å²) in [5.41, 5.74) is 2.95. The number of benzene rings is 1. The monoisotopic (exact) mass is 269 g/mol. The van der Waals surface area contributed by atoms with Crippen molar-refractivity contribution >= 4 is 0 Å². The maximum Gasteiger partial charge on any atom is 0.128 e. The molecule has 4 heteroatoms. The van der Waals surface area contributed by atoms with Gasteiger partial charge in [-0.05, 0) is 38.1 Å². The number of hydrogen-bond donors (Lipinski definition) is 1. The minimum atomic E-state index is 0.537. The van der Waals surface area contributed by atoms with Gasteiger partial charge in [0, 0.05) is 17.7 Å². The van der Waals surface area contributed by atoms with Crippen LogP contribution in [0.5, 0.6) is 5.75 Å². The van der Waals surface area contributed by atoms with Crippen molar-refractivity contribution in [2.24, 2.45) is 0 Å². The van der Waals surface area contributed by atoms with E-state index in [1.54, 1.807) is 7.11 Å². The fraction of sp³-hybridized carbons (Fsp3) is 0.375. The lowest BCUT2D eigenvalue weighted by atomic mass is 9.95. The fourth-order valence-electron chi connectivity index (χ4n) is 2.66. The number of hydrogen-bond acceptors (Lipinski definition) is 4. The standard InChI is InChI=1S/C16H19N3O/c1-20-16-5-3-2-4-13(16)15-11-18-14(10-19-15)12-6-8-17-9-7-12/h2-5,10-12,17H,6-9H2,1H3. The number of nitrogens with zero attached hydrogens (tertiary/aromatic N) is 2. The summed E-state index contributed by atoms with van der Waals surface area (Å²) in [4.78, 5) is 9.18. The molecule has 4 nitrogen and oxygen atoms in total. The first kappa shape index (κ1) is 13.1. The first-order valence-corrected chi connectivity index (χ1v) is 7.04. The third-order valence-electron chi connectivity index (χ3n) is 3.81. The lowest BCUT2D eigenvalue weighted by Crippen LogP contribution is -2.27. The fourth-order valence-corrected chi connectivity index (χ4v) is 2.66. The van der Waals surface area contributed by atoms with E-state index in [1.165, 1.54) is 0 Å². The maximum atomic E-state index is 5.37. The Morgan fingerprint density at radius 3 is 2.60 bits per heavy atom. The predicted octanol–water partition coefficient (Wildman–Crippen LogP) is 2.62. The molecule has 3 rings (SSSR count). The third-order valence-corrected chi connectivity index (χ3v) is 3.81. The second kappa shape index (κ2) is 6.01. The molecule has 104 valence electrons. The number of para-hydroxylation sites is 1. The quantitative estimate of drug-likeness (QED) is 0.930. The van der Waals surface area contributed by atoms with Crippen LogP contribution in [0.2, 0.25) is 0 Å². The van der Waals surface area contributed by atoms with Crippen LogP contribution in [0.1, 0.15) is 24.5 Å². The third kappa shape index (κ3) is 2.65. The SMILES string of the molecule is COc1ccccc1-c1cnc(C2CCNCC2)cn1. The molecule has 1 aromatic heterocycles. The van der Waals surface area contributed by atoms with E-state index in [9.17, 15) is 0 Å². The van der Waals surface area contributed by atoms with Gasteiger partial charge < -0.3 is 10.1 Å². The Balaban J connectivity index is 1.85. The van der Waals surface area contributed by atoms with Crippen LogP contribution in [0.3, 0.4) is 0 Å². The summed E-state index contributed by atoms with van der Waals surface area (Å²) in [6, 6.07) is 7.89. The van der Waals surface area contributed by atoms with Crippen LogP contribution in [0.25, 0.3) is 11.3 Å². The molecule has 1 aliphatic rings. The molecule has 2 aromatic rings. The molecule has 0 unspecified atom stereocenters. The van der Waals surface area contributed by atoms with Crippen molar-refractivity contribution < 1.29 is 4.74 Å². The van der Waals surface area contributed by atoms with Crippen molar-refractivity contribution in [3.63, 3.8) is 0 Å². The van der Waals surface area contributed by atoms with Crippen molar-refractivity contribution in [1.29, 1.82) is 0 Å². The van der Waals surface area contributed by atoms with Gasteiger partial charge in [0.05, 0.1) is 24.7 Å². The van der Waals surface area contributed by atoms with E-state index >= 15 is 0 Å². The highest BCUT2D eigenvalue weighted by Gasteiger charge is 2.17. The van der Waals surface area contributed by atoms with Gasteiger partial charge in [-0.2, -0.15) is 0 Å². The van der Waals surface area contributed by atoms with Crippen molar-refractivity contribution in [3.8, 4) is 17.0 Å². The minimum Gasteiger partial charge on any atom is -0.496 e. The van der Waals surface area contributed by atoms with Crippen LogP contribution >= 0.6 is 0 Å². The van der Waals surface area contributed by atoms with Gasteiger partial charge in [-0.15, -0.1) is 0 Å². The summed E-state index contributed by atoms with van der Waals surface area (Å²) < 4.78 is 5.37. The lowest BCUT2D eigenvalue weighted by Gasteiger charge is -2.21. The zero-order valence-corrected chi connectivity index (χ0v) is 11.7. The molecular formula is C16H19N3O. The van der Waals surface area contributed by atoms with Gasteiger partial charge in [-0.3, -0.25) is 9.97 Å². The smallest absolute Gasteiger partial charge is 0.128 e. The minimum absolute atomic E-state index is 0.537. The maximum absolute atomic E-state index is 5.37. The molecule has 1 aromatic carbocycles. The van der Waals surface area contributed by atoms with Gasteiger partial charge in [0.15, 0.2) is 0 Å². The van der Waals surface area contributed by atoms with Gasteiger partial charge in [-0.1, -0.05) is 12.1 Å². The Labute approximate surface area is 119 Å². The Morgan fingerprint density at radius 2 is 1.90 bits per heavy atom. The van der Waals surface area contributed by atoms with E-state index in [0.717, 1.165) is 48.6 Å². The molecule has 0 atom stereocenters. The number of aromatic nitrogens is 2. The number of rotatable bonds is 3. The summed E-state index contributed by atoms with van der Waals surface area (Å²) >= 11 is 0. The van der Waals surface area contributed by atoms with E-state index in [-0.39, 0.29) is 0 Å². The van der Waals surface area contributed by atoms with Gasteiger partial charge in [0.1, 0.15) is 5.75 Å². The molecule has 0 saturated carbocycles. The van der Waals surface area contributed by atoms with Crippen molar-refractivity contribution in [2.75, 3.05) is 20.2 Å². The van der Waals surface area contributed by atoms with Gasteiger partial charge in [0.25, 0.3) is 0 Å². The average Bonchev–Trinajstić information content (AvgIpc) is 2.56. The highest BCUT2D eigenvalue weighted by molar-refractivity contribution is 5.66. The summed E-state index contributed by atoms with van der Waals surface area (Å²) in [5, 5.41) is 3.37. The van der Waals surface area contributed by atoms with Crippen LogP contribution in [-0.2, 0) is 0 Å². The van der Waals surface area contributed by atoms with E-state index in [0.29, 0.717) is 5.92 Å². The van der Waals surface area contributed by atoms with E-state index in [1.807, 2.05) is 36.7 Å². The molecule has 2 heterocycles. The number of methoxy groups -OCH3 is 1. The highest BCUT2D eigenvalue weighted by atomic mass is 16.5. The summed E-state index contributed by atoms with van der Waals surface area (Å²) in [5.74, 6) is 1.37. The molecule has 0 aliphatic carbocycles. The summed E-state index contributed by atoms with van der Waals surface area (Å²) in [6.45, 7) is 2.14. The largest absolute Gasteiger partial charge is 0.496 e. The van der Waals surface area contributed by atoms with Crippen LogP contribution in [0.4, 0.5) is 0 Å². The predicted molar refractivity (Wildman–Crippen MR) is 78.9 cm³/mol. The molecular weight excluding hydrogens is 250 g/mol. The first-order chi connectivity index (χ1) is 9.88. The van der Waals surface area contributed by atoms with Gasteiger partial charge in [0.2, 0.25) is 0 Å². The second-order valence-corrected chi connectivity index (χ2v) is 5.05. The zero-order chi connectivity index (χ0) is 13.8. The Morgan fingerprint density at radius 1 is 1.10 bits per heavy atom. The molecule has 1 saturated heterocycles. The van der Waals surface area contributed by atoms with Crippen molar-refractivity contribution in [1.82, 2.24) is 15.3 Å². The summed E-state index contributed by atoms with van der Waals surface area (Å²) in [7, 11) is 1.68. The molecule has 1 N–H and O–H groups in total. The first-order valence-electron chi connectivity index (χ1n) is 7.04. The highest BCUT2D eigenvalue weighted by Crippen LogP contribution is 2.29. The number of piperidine rings is 1. The van der Waals surface area contributed by atoms with Crippen molar-refractivity contribution in [2.45, 2.75) is 18.8 Å². The van der Waals surface area contributed by atoms with E-state index < -0.39 is 0 Å². The van der Waals surface area contributed by atoms with E-state index in [4.69, 9.17) is 4.74 Å². The molecule has 1 fully saturated rings. The van der Waals surface area contributed by atoms with E-state index in [2.05, 4.69) is 15.3 Å². The molecule has 1 aliphatic heterocycles. The number of nitrogens with one attached hydrogen (secondary N) is 1. The molecule has 0 radical (unpaired) electrons. The van der Waals surface area contributed by atoms with Crippen LogP contribution < -0.4 is 10.1 Å². The van der Waals surface area contributed by atoms with Crippen LogP contribution in [0, 0.1) is 0 Å². The van der Waals surface area contributed by atoms with Crippen LogP contribution in [0.15, 0.2) is 36.7 Å². The zero-order valence-electron chi connectivity index (χ0n) is 11.7. The molecule has 0 spiro atoms. The number of ether oxygens (including phenoxy) is 1. The summed E-state index contributed by atoms with van der Waals surface area (Å²) in [6.07, 6.45) is 6.05. The topological polar surface area (TPSA) is 47.0 Å². The average molecular weight is 269 g/mol. The lowest BCUT2D eigenvalue weighted by molar-refractivity contribution is 0.416. The Hall–Kier alpha value is -1.94. The molecule has 0 bridgehead atoms. The molecule has 0 amide bonds. The Kier molecular flexibility index (Phi) is 3.92. The van der Waals surface area contributed by atoms with Crippen molar-refractivity contribution in [3.05, 3.63) is 42.4 Å². The van der Waals surface area contributed by atoms with Gasteiger partial charge in [-0.25, -0.2) is 0 Å². The van der Waals surface area contributed by atoms with Gasteiger partial charge >= 0.3 is 0 Å². The second-order valence-electron chi connectivity index (χ2n) is 5.05.